The van der Waals surface area contributed by atoms with Crippen LogP contribution in [0.1, 0.15) is 19.0 Å². The summed E-state index contributed by atoms with van der Waals surface area (Å²) in [7, 11) is 0. The van der Waals surface area contributed by atoms with Crippen LogP contribution in [0, 0.1) is 0 Å². The first-order valence-corrected chi connectivity index (χ1v) is 7.33. The van der Waals surface area contributed by atoms with Gasteiger partial charge in [0, 0.05) is 25.6 Å². The summed E-state index contributed by atoms with van der Waals surface area (Å²) < 4.78 is 5.33. The van der Waals surface area contributed by atoms with Crippen LogP contribution in [0.15, 0.2) is 17.5 Å². The van der Waals surface area contributed by atoms with E-state index in [0.29, 0.717) is 26.2 Å². The molecule has 2 aliphatic rings. The van der Waals surface area contributed by atoms with E-state index in [1.54, 1.807) is 0 Å². The van der Waals surface area contributed by atoms with Crippen molar-refractivity contribution in [3.05, 3.63) is 18.1 Å². The number of anilines is 1. The van der Waals surface area contributed by atoms with Crippen LogP contribution in [0.3, 0.4) is 0 Å². The number of morpholine rings is 1. The van der Waals surface area contributed by atoms with Gasteiger partial charge in [-0.3, -0.25) is 4.79 Å². The van der Waals surface area contributed by atoms with Crippen molar-refractivity contribution in [2.45, 2.75) is 26.0 Å². The van der Waals surface area contributed by atoms with Gasteiger partial charge in [-0.1, -0.05) is 5.16 Å². The number of nitrogens with zero attached hydrogens (tertiary/aromatic N) is 4. The van der Waals surface area contributed by atoms with E-state index < -0.39 is 6.10 Å². The van der Waals surface area contributed by atoms with Crippen LogP contribution in [-0.4, -0.2) is 54.0 Å². The zero-order valence-electron chi connectivity index (χ0n) is 12.5. The minimum absolute atomic E-state index is 0.174. The van der Waals surface area contributed by atoms with Gasteiger partial charge in [0.25, 0.3) is 5.91 Å². The molecule has 1 aromatic heterocycles. The number of ether oxygens (including phenoxy) is 1. The van der Waals surface area contributed by atoms with E-state index in [9.17, 15) is 4.79 Å². The fraction of sp³-hybridized carbons (Fsp3) is 0.571. The van der Waals surface area contributed by atoms with Crippen LogP contribution in [-0.2, 0) is 20.9 Å². The van der Waals surface area contributed by atoms with Crippen LogP contribution in [0.5, 0.6) is 0 Å². The molecule has 1 N–H and O–H groups in total. The molecule has 0 aliphatic carbocycles. The van der Waals surface area contributed by atoms with Crippen molar-refractivity contribution in [2.24, 2.45) is 5.16 Å². The molecule has 8 nitrogen and oxygen atoms in total. The highest BCUT2D eigenvalue weighted by Gasteiger charge is 2.25. The summed E-state index contributed by atoms with van der Waals surface area (Å²) >= 11 is 0. The van der Waals surface area contributed by atoms with Crippen LogP contribution in [0.2, 0.25) is 0 Å². The maximum atomic E-state index is 12.0. The standard InChI is InChI=1S/C14H19N5O3/c1-10-6-12(22-18-10)14(20)15-8-11-7-13(17-9-16-11)19-2-4-21-5-3-19/h7,9,12H,2-6,8H2,1H3,(H,15,20). The van der Waals surface area contributed by atoms with E-state index in [0.717, 1.165) is 30.3 Å². The smallest absolute Gasteiger partial charge is 0.264 e. The van der Waals surface area contributed by atoms with Gasteiger partial charge in [-0.25, -0.2) is 9.97 Å². The molecule has 0 saturated carbocycles. The second kappa shape index (κ2) is 6.69. The highest BCUT2D eigenvalue weighted by Crippen LogP contribution is 2.13. The molecule has 1 atom stereocenters. The molecule has 22 heavy (non-hydrogen) atoms. The maximum absolute atomic E-state index is 12.0. The maximum Gasteiger partial charge on any atom is 0.264 e. The number of carbonyl (C=O) groups is 1. The number of amides is 1. The minimum atomic E-state index is -0.527. The van der Waals surface area contributed by atoms with E-state index in [2.05, 4.69) is 25.3 Å². The molecule has 1 saturated heterocycles. The number of hydrogen-bond acceptors (Lipinski definition) is 7. The zero-order chi connectivity index (χ0) is 15.4. The number of carbonyl (C=O) groups excluding carboxylic acids is 1. The van der Waals surface area contributed by atoms with Gasteiger partial charge in [0.15, 0.2) is 0 Å². The summed E-state index contributed by atoms with van der Waals surface area (Å²) in [6, 6.07) is 1.89. The first-order chi connectivity index (χ1) is 10.7. The Bertz CT molecular complexity index is 571. The van der Waals surface area contributed by atoms with Crippen molar-refractivity contribution in [1.29, 1.82) is 0 Å². The van der Waals surface area contributed by atoms with Gasteiger partial charge in [-0.2, -0.15) is 0 Å². The van der Waals surface area contributed by atoms with Crippen molar-refractivity contribution in [3.63, 3.8) is 0 Å². The first kappa shape index (κ1) is 14.7. The second-order valence-electron chi connectivity index (χ2n) is 5.31. The quantitative estimate of drug-likeness (QED) is 0.848. The molecular weight excluding hydrogens is 286 g/mol. The average molecular weight is 305 g/mol. The van der Waals surface area contributed by atoms with Crippen LogP contribution in [0.4, 0.5) is 5.82 Å². The molecular formula is C14H19N5O3. The van der Waals surface area contributed by atoms with E-state index in [-0.39, 0.29) is 5.91 Å². The van der Waals surface area contributed by atoms with Crippen molar-refractivity contribution in [3.8, 4) is 0 Å². The van der Waals surface area contributed by atoms with Crippen molar-refractivity contribution in [1.82, 2.24) is 15.3 Å². The Hall–Kier alpha value is -2.22. The SMILES string of the molecule is CC1=NOC(C(=O)NCc2cc(N3CCOCC3)ncn2)C1. The Morgan fingerprint density at radius 2 is 2.23 bits per heavy atom. The molecule has 1 amide bonds. The molecule has 2 aliphatic heterocycles. The Balaban J connectivity index is 1.55. The molecule has 1 unspecified atom stereocenters. The molecule has 3 rings (SSSR count). The molecule has 0 aromatic carbocycles. The van der Waals surface area contributed by atoms with Gasteiger partial charge in [0.1, 0.15) is 12.1 Å². The third-order valence-electron chi connectivity index (χ3n) is 3.60. The summed E-state index contributed by atoms with van der Waals surface area (Å²) in [5.41, 5.74) is 1.59. The Morgan fingerprint density at radius 1 is 1.41 bits per heavy atom. The summed E-state index contributed by atoms with van der Waals surface area (Å²) in [6.45, 7) is 5.22. The Labute approximate surface area is 128 Å². The fourth-order valence-electron chi connectivity index (χ4n) is 2.38. The summed E-state index contributed by atoms with van der Waals surface area (Å²) in [5, 5.41) is 6.60. The normalized spacial score (nSPS) is 21.2. The van der Waals surface area contributed by atoms with Gasteiger partial charge < -0.3 is 19.8 Å². The van der Waals surface area contributed by atoms with Crippen LogP contribution in [0.25, 0.3) is 0 Å². The highest BCUT2D eigenvalue weighted by atomic mass is 16.6. The zero-order valence-corrected chi connectivity index (χ0v) is 12.5. The number of hydrogen-bond donors (Lipinski definition) is 1. The Kier molecular flexibility index (Phi) is 4.47. The van der Waals surface area contributed by atoms with Gasteiger partial charge in [-0.15, -0.1) is 0 Å². The predicted molar refractivity (Wildman–Crippen MR) is 79.5 cm³/mol. The van der Waals surface area contributed by atoms with Gasteiger partial charge in [0.05, 0.1) is 31.2 Å². The molecule has 1 aromatic rings. The number of aromatic nitrogens is 2. The van der Waals surface area contributed by atoms with Crippen molar-refractivity contribution in [2.75, 3.05) is 31.2 Å². The lowest BCUT2D eigenvalue weighted by Gasteiger charge is -2.27. The number of oxime groups is 1. The fourth-order valence-corrected chi connectivity index (χ4v) is 2.38. The molecule has 118 valence electrons. The molecule has 1 fully saturated rings. The van der Waals surface area contributed by atoms with Crippen LogP contribution >= 0.6 is 0 Å². The van der Waals surface area contributed by atoms with Crippen LogP contribution < -0.4 is 10.2 Å². The molecule has 0 spiro atoms. The summed E-state index contributed by atoms with van der Waals surface area (Å²) in [6.07, 6.45) is 1.53. The molecule has 3 heterocycles. The summed E-state index contributed by atoms with van der Waals surface area (Å²) in [5.74, 6) is 0.686. The summed E-state index contributed by atoms with van der Waals surface area (Å²) in [4.78, 5) is 27.6. The van der Waals surface area contributed by atoms with Gasteiger partial charge >= 0.3 is 0 Å². The second-order valence-corrected chi connectivity index (χ2v) is 5.31. The lowest BCUT2D eigenvalue weighted by molar-refractivity contribution is -0.131. The topological polar surface area (TPSA) is 88.9 Å². The Morgan fingerprint density at radius 3 is 2.95 bits per heavy atom. The van der Waals surface area contributed by atoms with Crippen molar-refractivity contribution < 1.29 is 14.4 Å². The number of rotatable bonds is 4. The highest BCUT2D eigenvalue weighted by molar-refractivity contribution is 5.91. The predicted octanol–water partition coefficient (Wildman–Crippen LogP) is 0.0942. The van der Waals surface area contributed by atoms with Crippen molar-refractivity contribution >= 4 is 17.4 Å². The third-order valence-corrected chi connectivity index (χ3v) is 3.60. The largest absolute Gasteiger partial charge is 0.382 e. The lowest BCUT2D eigenvalue weighted by atomic mass is 10.2. The minimum Gasteiger partial charge on any atom is -0.382 e. The first-order valence-electron chi connectivity index (χ1n) is 7.33. The monoisotopic (exact) mass is 305 g/mol. The average Bonchev–Trinajstić information content (AvgIpc) is 3.00. The third kappa shape index (κ3) is 3.51. The molecule has 0 radical (unpaired) electrons. The van der Waals surface area contributed by atoms with E-state index >= 15 is 0 Å². The van der Waals surface area contributed by atoms with E-state index in [1.165, 1.54) is 6.33 Å². The van der Waals surface area contributed by atoms with E-state index in [4.69, 9.17) is 9.57 Å². The van der Waals surface area contributed by atoms with E-state index in [1.807, 2.05) is 13.0 Å². The van der Waals surface area contributed by atoms with Gasteiger partial charge in [0.2, 0.25) is 6.10 Å². The molecule has 0 bridgehead atoms. The lowest BCUT2D eigenvalue weighted by Crippen LogP contribution is -2.37. The molecule has 8 heteroatoms. The van der Waals surface area contributed by atoms with Gasteiger partial charge in [-0.05, 0) is 6.92 Å². The number of nitrogens with one attached hydrogen (secondary N) is 1.